The van der Waals surface area contributed by atoms with E-state index < -0.39 is 8.80 Å². The minimum absolute atomic E-state index is 0.527. The molecule has 0 N–H and O–H groups in total. The molecule has 0 saturated heterocycles. The van der Waals surface area contributed by atoms with Gasteiger partial charge >= 0.3 is 8.80 Å². The van der Waals surface area contributed by atoms with Crippen LogP contribution in [0.4, 0.5) is 0 Å². The minimum atomic E-state index is -2.74. The lowest BCUT2D eigenvalue weighted by atomic mass is 10.3. The Balaban J connectivity index is 1.47. The molecule has 0 aliphatic rings. The fraction of sp³-hybridized carbons (Fsp3) is 0.368. The Hall–Kier alpha value is -2.06. The molecule has 0 radical (unpaired) electrons. The third-order valence-corrected chi connectivity index (χ3v) is 6.19. The highest BCUT2D eigenvalue weighted by Gasteiger charge is 2.34. The molecule has 0 unspecified atom stereocenters. The Bertz CT molecular complexity index is 607. The first kappa shape index (κ1) is 18.7. The molecule has 0 amide bonds. The lowest BCUT2D eigenvalue weighted by Gasteiger charge is -2.26. The van der Waals surface area contributed by atoms with Crippen molar-refractivity contribution in [3.63, 3.8) is 0 Å². The average molecular weight is 376 g/mol. The Morgan fingerprint density at radius 1 is 0.654 bits per heavy atom. The molecule has 3 heterocycles. The van der Waals surface area contributed by atoms with Crippen molar-refractivity contribution >= 4 is 8.80 Å². The summed E-state index contributed by atoms with van der Waals surface area (Å²) in [6.07, 6.45) is 12.4. The third-order valence-electron chi connectivity index (χ3n) is 4.01. The third kappa shape index (κ3) is 6.03. The van der Waals surface area contributed by atoms with E-state index in [1.54, 1.807) is 37.6 Å². The van der Waals surface area contributed by atoms with Crippen molar-refractivity contribution in [2.24, 2.45) is 0 Å². The van der Waals surface area contributed by atoms with Crippen LogP contribution < -0.4 is 0 Å². The molecule has 0 atom stereocenters. The van der Waals surface area contributed by atoms with Crippen LogP contribution in [-0.2, 0) is 32.5 Å². The Morgan fingerprint density at radius 2 is 1.00 bits per heavy atom. The van der Waals surface area contributed by atoms with Gasteiger partial charge in [0.15, 0.2) is 0 Å². The van der Waals surface area contributed by atoms with Crippen molar-refractivity contribution in [3.8, 4) is 0 Å². The van der Waals surface area contributed by atoms with Crippen molar-refractivity contribution in [3.05, 3.63) is 72.5 Å². The van der Waals surface area contributed by atoms with Crippen LogP contribution in [0.2, 0.25) is 6.55 Å². The summed E-state index contributed by atoms with van der Waals surface area (Å²) in [6, 6.07) is 5.80. The van der Waals surface area contributed by atoms with E-state index in [0.717, 1.165) is 36.0 Å². The average Bonchev–Trinajstić information content (AvgIpc) is 3.39. The van der Waals surface area contributed by atoms with Crippen molar-refractivity contribution in [1.29, 1.82) is 0 Å². The molecule has 0 fully saturated rings. The summed E-state index contributed by atoms with van der Waals surface area (Å²) in [5.41, 5.74) is 3.29. The molecule has 7 heteroatoms. The van der Waals surface area contributed by atoms with E-state index in [2.05, 4.69) is 0 Å². The maximum atomic E-state index is 6.05. The van der Waals surface area contributed by atoms with Crippen molar-refractivity contribution in [1.82, 2.24) is 0 Å². The number of furan rings is 3. The van der Waals surface area contributed by atoms with Gasteiger partial charge in [0.05, 0.1) is 37.6 Å². The van der Waals surface area contributed by atoms with Crippen LogP contribution >= 0.6 is 0 Å². The van der Waals surface area contributed by atoms with Crippen molar-refractivity contribution < 1.29 is 26.5 Å². The number of rotatable bonds is 12. The normalized spacial score (nSPS) is 11.9. The van der Waals surface area contributed by atoms with Crippen molar-refractivity contribution in [2.75, 3.05) is 19.8 Å². The van der Waals surface area contributed by atoms with Gasteiger partial charge in [-0.25, -0.2) is 0 Å². The summed E-state index contributed by atoms with van der Waals surface area (Å²) < 4.78 is 33.4. The second kappa shape index (κ2) is 9.58. The Kier molecular flexibility index (Phi) is 6.90. The first-order chi connectivity index (χ1) is 12.7. The zero-order valence-corrected chi connectivity index (χ0v) is 15.9. The second-order valence-electron chi connectivity index (χ2n) is 6.05. The van der Waals surface area contributed by atoms with Gasteiger partial charge in [-0.1, -0.05) is 0 Å². The van der Waals surface area contributed by atoms with Crippen LogP contribution in [0.3, 0.4) is 0 Å². The molecule has 0 bridgehead atoms. The zero-order valence-electron chi connectivity index (χ0n) is 14.9. The molecule has 0 saturated carbocycles. The molecule has 0 aliphatic carbocycles. The van der Waals surface area contributed by atoms with Gasteiger partial charge < -0.3 is 26.5 Å². The van der Waals surface area contributed by atoms with Gasteiger partial charge in [0.2, 0.25) is 0 Å². The molecule has 3 aromatic rings. The largest absolute Gasteiger partial charge is 0.497 e. The van der Waals surface area contributed by atoms with E-state index in [0.29, 0.717) is 19.8 Å². The van der Waals surface area contributed by atoms with E-state index in [1.807, 2.05) is 24.7 Å². The van der Waals surface area contributed by atoms with E-state index >= 15 is 0 Å². The van der Waals surface area contributed by atoms with Crippen molar-refractivity contribution in [2.45, 2.75) is 25.8 Å². The van der Waals surface area contributed by atoms with Crippen LogP contribution in [0.15, 0.2) is 69.0 Å². The maximum Gasteiger partial charge on any atom is 0.497 e. The number of hydrogen-bond donors (Lipinski definition) is 0. The Morgan fingerprint density at radius 3 is 1.27 bits per heavy atom. The summed E-state index contributed by atoms with van der Waals surface area (Å²) >= 11 is 0. The van der Waals surface area contributed by atoms with Gasteiger partial charge in [0, 0.05) is 26.4 Å². The quantitative estimate of drug-likeness (QED) is 0.443. The van der Waals surface area contributed by atoms with Crippen LogP contribution in [-0.4, -0.2) is 28.6 Å². The van der Waals surface area contributed by atoms with E-state index in [-0.39, 0.29) is 0 Å². The van der Waals surface area contributed by atoms with Crippen LogP contribution in [0.1, 0.15) is 16.7 Å². The molecule has 6 nitrogen and oxygen atoms in total. The molecular formula is C19H24O6Si. The molecule has 0 aliphatic heterocycles. The standard InChI is InChI=1S/C19H24O6Si/c1-26(23-11-5-17-2-8-20-14-17,24-12-6-18-3-9-21-15-18)25-13-7-19-4-10-22-16-19/h2-4,8-10,14-16H,5-7,11-13H2,1H3. The fourth-order valence-electron chi connectivity index (χ4n) is 2.49. The fourth-order valence-corrected chi connectivity index (χ4v) is 4.16. The highest BCUT2D eigenvalue weighted by molar-refractivity contribution is 6.59. The van der Waals surface area contributed by atoms with Crippen LogP contribution in [0, 0.1) is 0 Å². The van der Waals surface area contributed by atoms with Crippen LogP contribution in [0.25, 0.3) is 0 Å². The van der Waals surface area contributed by atoms with E-state index in [9.17, 15) is 0 Å². The van der Waals surface area contributed by atoms with E-state index in [1.165, 1.54) is 0 Å². The summed E-state index contributed by atoms with van der Waals surface area (Å²) in [5.74, 6) is 0. The first-order valence-electron chi connectivity index (χ1n) is 8.69. The predicted octanol–water partition coefficient (Wildman–Crippen LogP) is 4.11. The highest BCUT2D eigenvalue weighted by Crippen LogP contribution is 2.14. The van der Waals surface area contributed by atoms with Gasteiger partial charge in [0.25, 0.3) is 0 Å². The number of hydrogen-bond acceptors (Lipinski definition) is 6. The smallest absolute Gasteiger partial charge is 0.472 e. The first-order valence-corrected chi connectivity index (χ1v) is 10.9. The van der Waals surface area contributed by atoms with Gasteiger partial charge in [-0.3, -0.25) is 0 Å². The van der Waals surface area contributed by atoms with Crippen LogP contribution in [0.5, 0.6) is 0 Å². The molecule has 3 aromatic heterocycles. The van der Waals surface area contributed by atoms with E-state index in [4.69, 9.17) is 26.5 Å². The molecule has 26 heavy (non-hydrogen) atoms. The topological polar surface area (TPSA) is 67.1 Å². The van der Waals surface area contributed by atoms with Gasteiger partial charge in [-0.2, -0.15) is 0 Å². The lowest BCUT2D eigenvalue weighted by Crippen LogP contribution is -2.44. The Labute approximate surface area is 154 Å². The molecule has 3 rings (SSSR count). The monoisotopic (exact) mass is 376 g/mol. The molecular weight excluding hydrogens is 352 g/mol. The van der Waals surface area contributed by atoms with Gasteiger partial charge in [-0.05, 0) is 54.2 Å². The van der Waals surface area contributed by atoms with Gasteiger partial charge in [0.1, 0.15) is 0 Å². The molecule has 0 aromatic carbocycles. The van der Waals surface area contributed by atoms with Gasteiger partial charge in [-0.15, -0.1) is 0 Å². The summed E-state index contributed by atoms with van der Waals surface area (Å²) in [5, 5.41) is 0. The predicted molar refractivity (Wildman–Crippen MR) is 96.7 cm³/mol. The maximum absolute atomic E-state index is 6.05. The molecule has 140 valence electrons. The minimum Gasteiger partial charge on any atom is -0.472 e. The summed E-state index contributed by atoms with van der Waals surface area (Å²) in [6.45, 7) is 3.52. The second-order valence-corrected chi connectivity index (χ2v) is 8.64. The lowest BCUT2D eigenvalue weighted by molar-refractivity contribution is 0.0681. The summed E-state index contributed by atoms with van der Waals surface area (Å²) in [7, 11) is -2.74. The highest BCUT2D eigenvalue weighted by atomic mass is 28.4. The molecule has 0 spiro atoms. The SMILES string of the molecule is C[Si](OCCc1ccoc1)(OCCc1ccoc1)OCCc1ccoc1. The summed E-state index contributed by atoms with van der Waals surface area (Å²) in [4.78, 5) is 0. The zero-order chi connectivity index (χ0) is 18.1.